The predicted octanol–water partition coefficient (Wildman–Crippen LogP) is 12.1. The van der Waals surface area contributed by atoms with Gasteiger partial charge in [0.2, 0.25) is 0 Å². The van der Waals surface area contributed by atoms with Crippen molar-refractivity contribution in [3.63, 3.8) is 0 Å². The summed E-state index contributed by atoms with van der Waals surface area (Å²) in [6.07, 6.45) is 0. The Bertz CT molecular complexity index is 3770. The second kappa shape index (κ2) is 14.7. The van der Waals surface area contributed by atoms with Gasteiger partial charge < -0.3 is 9.13 Å². The topological polar surface area (TPSA) is 9.86 Å². The highest BCUT2D eigenvalue weighted by Gasteiger charge is 2.22. The summed E-state index contributed by atoms with van der Waals surface area (Å²) in [5.41, 5.74) is 16.2. The Morgan fingerprint density at radius 3 is 1.49 bits per heavy atom. The highest BCUT2D eigenvalue weighted by Crippen LogP contribution is 2.40. The third kappa shape index (κ3) is 5.92. The van der Waals surface area contributed by atoms with E-state index in [9.17, 15) is 0 Å². The van der Waals surface area contributed by atoms with Gasteiger partial charge in [-0.05, 0) is 110 Å². The van der Waals surface area contributed by atoms with Crippen LogP contribution in [0.1, 0.15) is 0 Å². The van der Waals surface area contributed by atoms with Crippen LogP contribution in [0.15, 0.2) is 212 Å². The summed E-state index contributed by atoms with van der Waals surface area (Å²) < 4.78 is 4.58. The molecule has 0 unspecified atom stereocenters. The van der Waals surface area contributed by atoms with Crippen LogP contribution in [0.4, 0.5) is 0 Å². The van der Waals surface area contributed by atoms with Crippen molar-refractivity contribution in [1.82, 2.24) is 9.13 Å². The molecule has 286 valence electrons. The number of hydrogen-bond acceptors (Lipinski definition) is 0. The van der Waals surface area contributed by atoms with Crippen LogP contribution in [0, 0.1) is 0 Å². The smallest absolute Gasteiger partial charge is 0.115 e. The van der Waals surface area contributed by atoms with Crippen LogP contribution in [0.2, 0.25) is 0 Å². The summed E-state index contributed by atoms with van der Waals surface area (Å²) >= 11 is 0. The summed E-state index contributed by atoms with van der Waals surface area (Å²) in [4.78, 5) is 0. The van der Waals surface area contributed by atoms with Crippen LogP contribution in [0.25, 0.3) is 110 Å². The fourth-order valence-electron chi connectivity index (χ4n) is 9.89. The summed E-state index contributed by atoms with van der Waals surface area (Å²) in [6.45, 7) is 0. The van der Waals surface area contributed by atoms with Gasteiger partial charge in [0.1, 0.15) is 23.5 Å². The number of para-hydroxylation sites is 1. The lowest BCUT2D eigenvalue weighted by Gasteiger charge is -2.19. The van der Waals surface area contributed by atoms with E-state index in [2.05, 4.69) is 215 Å². The van der Waals surface area contributed by atoms with E-state index in [1.165, 1.54) is 21.9 Å². The van der Waals surface area contributed by atoms with E-state index in [0.29, 0.717) is 16.4 Å². The number of hydrogen-bond donors (Lipinski definition) is 0. The molecule has 2 aromatic heterocycles. The third-order valence-corrected chi connectivity index (χ3v) is 12.8. The molecule has 0 spiro atoms. The van der Waals surface area contributed by atoms with E-state index in [-0.39, 0.29) is 0 Å². The molecule has 0 saturated carbocycles. The van der Waals surface area contributed by atoms with Crippen LogP contribution >= 0.6 is 0 Å². The van der Waals surface area contributed by atoms with Crippen molar-refractivity contribution in [2.45, 2.75) is 0 Å². The van der Waals surface area contributed by atoms with Gasteiger partial charge in [0.15, 0.2) is 0 Å². The highest BCUT2D eigenvalue weighted by atomic mass is 15.0. The zero-order chi connectivity index (χ0) is 42.2. The van der Waals surface area contributed by atoms with Gasteiger partial charge in [0.25, 0.3) is 0 Å². The molecule has 0 aliphatic rings. The first-order chi connectivity index (χ1) is 31.0. The molecule has 0 saturated heterocycles. The molecule has 0 aliphatic carbocycles. The van der Waals surface area contributed by atoms with Crippen molar-refractivity contribution in [2.24, 2.45) is 0 Å². The van der Waals surface area contributed by atoms with Gasteiger partial charge in [0.05, 0.1) is 16.6 Å². The molecule has 0 amide bonds. The Balaban J connectivity index is 1.10. The van der Waals surface area contributed by atoms with E-state index in [1.807, 2.05) is 6.07 Å². The quantitative estimate of drug-likeness (QED) is 0.148. The summed E-state index contributed by atoms with van der Waals surface area (Å²) in [6, 6.07) is 75.2. The van der Waals surface area contributed by atoms with Crippen molar-refractivity contribution < 1.29 is 0 Å². The largest absolute Gasteiger partial charge is 0.310 e. The Morgan fingerprint density at radius 1 is 0.302 bits per heavy atom. The van der Waals surface area contributed by atoms with Crippen molar-refractivity contribution in [2.75, 3.05) is 0 Å². The minimum atomic E-state index is 0.457. The van der Waals surface area contributed by atoms with E-state index in [4.69, 9.17) is 23.5 Å². The van der Waals surface area contributed by atoms with Gasteiger partial charge in [-0.15, -0.1) is 0 Å². The molecule has 12 rings (SSSR count). The molecule has 2 nitrogen and oxygen atoms in total. The lowest BCUT2D eigenvalue weighted by Crippen LogP contribution is -2.35. The van der Waals surface area contributed by atoms with E-state index in [1.54, 1.807) is 0 Å². The molecule has 12 aromatic rings. The van der Waals surface area contributed by atoms with Gasteiger partial charge in [-0.25, -0.2) is 0 Å². The van der Waals surface area contributed by atoms with Crippen molar-refractivity contribution in [1.29, 1.82) is 0 Å². The van der Waals surface area contributed by atoms with Crippen LogP contribution in [-0.2, 0) is 0 Å². The monoisotopic (exact) mass is 792 g/mol. The molecule has 5 heteroatoms. The van der Waals surface area contributed by atoms with Crippen molar-refractivity contribution in [3.05, 3.63) is 212 Å². The maximum Gasteiger partial charge on any atom is 0.115 e. The van der Waals surface area contributed by atoms with Crippen molar-refractivity contribution >= 4 is 94.3 Å². The normalized spacial score (nSPS) is 11.7. The molecule has 2 heterocycles. The van der Waals surface area contributed by atoms with Crippen LogP contribution in [0.3, 0.4) is 0 Å². The van der Waals surface area contributed by atoms with E-state index < -0.39 is 0 Å². The lowest BCUT2D eigenvalue weighted by atomic mass is 9.69. The molecule has 0 bridgehead atoms. The second-order valence-corrected chi connectivity index (χ2v) is 16.4. The predicted molar refractivity (Wildman–Crippen MR) is 271 cm³/mol. The summed E-state index contributed by atoms with van der Waals surface area (Å²) in [5, 5.41) is 6.54. The molecule has 0 atom stereocenters. The first-order valence-electron chi connectivity index (χ1n) is 21.3. The number of rotatable bonds is 6. The van der Waals surface area contributed by atoms with E-state index in [0.717, 1.165) is 88.4 Å². The maximum atomic E-state index is 7.42. The Kier molecular flexibility index (Phi) is 8.65. The first kappa shape index (κ1) is 37.1. The van der Waals surface area contributed by atoms with Gasteiger partial charge >= 0.3 is 0 Å². The SMILES string of the molecule is [B]c1c(-c2ccc3c(c2)c2cc(-c4cccc5ccccc45)ccc2n3-c2cccc(-c3ccccc3)c2)c([B])c2c3ccccc3n(-c3cccc(-c4ccccc4)c3)c2c1[B]. The molecule has 0 aliphatic heterocycles. The molecule has 10 aromatic carbocycles. The van der Waals surface area contributed by atoms with Gasteiger partial charge in [-0.2, -0.15) is 0 Å². The second-order valence-electron chi connectivity index (χ2n) is 16.4. The van der Waals surface area contributed by atoms with Gasteiger partial charge in [-0.3, -0.25) is 0 Å². The zero-order valence-electron chi connectivity index (χ0n) is 34.3. The van der Waals surface area contributed by atoms with E-state index >= 15 is 0 Å². The van der Waals surface area contributed by atoms with Gasteiger partial charge in [0, 0.05) is 38.4 Å². The fraction of sp³-hybridized carbons (Fsp3) is 0. The van der Waals surface area contributed by atoms with Crippen LogP contribution in [0.5, 0.6) is 0 Å². The minimum Gasteiger partial charge on any atom is -0.310 e. The standard InChI is InChI=1S/C58H35B3N2/c59-55-53(56(60)57(61)58-54(55)47-25-9-10-27-50(47)63(58)44-23-12-21-40(33-44)37-16-5-2-6-17-37)42-29-31-52-49(35-42)48-34-41(46-26-13-19-38-18-7-8-24-45(38)46)28-30-51(48)62(52)43-22-11-20-39(32-43)36-14-3-1-4-15-36/h1-35H. The molecule has 0 fully saturated rings. The summed E-state index contributed by atoms with van der Waals surface area (Å²) in [5.74, 6) is 0. The first-order valence-corrected chi connectivity index (χ1v) is 21.3. The molecule has 0 N–H and O–H groups in total. The number of aromatic nitrogens is 2. The Labute approximate surface area is 369 Å². The molecule has 63 heavy (non-hydrogen) atoms. The number of fused-ring (bicyclic) bond motifs is 7. The fourth-order valence-corrected chi connectivity index (χ4v) is 9.89. The molecular formula is C58H35B3N2. The van der Waals surface area contributed by atoms with Crippen LogP contribution in [-0.4, -0.2) is 32.7 Å². The summed E-state index contributed by atoms with van der Waals surface area (Å²) in [7, 11) is 21.9. The third-order valence-electron chi connectivity index (χ3n) is 12.8. The molecule has 6 radical (unpaired) electrons. The molecular weight excluding hydrogens is 757 g/mol. The minimum absolute atomic E-state index is 0.457. The maximum absolute atomic E-state index is 7.42. The highest BCUT2D eigenvalue weighted by molar-refractivity contribution is 6.60. The number of benzene rings is 10. The lowest BCUT2D eigenvalue weighted by molar-refractivity contribution is 1.18. The number of nitrogens with zero attached hydrogens (tertiary/aromatic N) is 2. The average molecular weight is 792 g/mol. The zero-order valence-corrected chi connectivity index (χ0v) is 34.3. The van der Waals surface area contributed by atoms with Crippen LogP contribution < -0.4 is 16.4 Å². The van der Waals surface area contributed by atoms with Gasteiger partial charge in [-0.1, -0.05) is 174 Å². The Morgan fingerprint density at radius 2 is 0.810 bits per heavy atom. The average Bonchev–Trinajstić information content (AvgIpc) is 3.87. The van der Waals surface area contributed by atoms with Crippen molar-refractivity contribution in [3.8, 4) is 55.9 Å². The Hall–Kier alpha value is -7.75.